The Morgan fingerprint density at radius 3 is 2.76 bits per heavy atom. The van der Waals surface area contributed by atoms with Crippen LogP contribution in [0.5, 0.6) is 11.5 Å². The van der Waals surface area contributed by atoms with E-state index in [4.69, 9.17) is 10.5 Å². The molecule has 0 spiro atoms. The number of ether oxygens (including phenoxy) is 1. The van der Waals surface area contributed by atoms with E-state index in [0.717, 1.165) is 0 Å². The highest BCUT2D eigenvalue weighted by atomic mass is 16.5. The van der Waals surface area contributed by atoms with Crippen LogP contribution in [0.1, 0.15) is 10.4 Å². The summed E-state index contributed by atoms with van der Waals surface area (Å²) >= 11 is 0. The maximum Gasteiger partial charge on any atom is 0.259 e. The van der Waals surface area contributed by atoms with Crippen LogP contribution < -0.4 is 15.8 Å². The van der Waals surface area contributed by atoms with E-state index in [-0.39, 0.29) is 17.0 Å². The summed E-state index contributed by atoms with van der Waals surface area (Å²) in [5.41, 5.74) is 6.44. The number of amides is 1. The number of nitrogens with one attached hydrogen (secondary N) is 1. The summed E-state index contributed by atoms with van der Waals surface area (Å²) in [4.78, 5) is 12.1. The van der Waals surface area contributed by atoms with Gasteiger partial charge in [0.15, 0.2) is 5.75 Å². The van der Waals surface area contributed by atoms with Crippen molar-refractivity contribution in [3.63, 3.8) is 0 Å². The van der Waals surface area contributed by atoms with E-state index in [2.05, 4.69) is 18.5 Å². The van der Waals surface area contributed by atoms with Gasteiger partial charge in [-0.3, -0.25) is 4.79 Å². The molecule has 0 radical (unpaired) electrons. The summed E-state index contributed by atoms with van der Waals surface area (Å²) in [6, 6.07) is 6.75. The van der Waals surface area contributed by atoms with Gasteiger partial charge >= 0.3 is 0 Å². The zero-order chi connectivity index (χ0) is 15.6. The molecule has 4 N–H and O–H groups in total. The van der Waals surface area contributed by atoms with Crippen LogP contribution in [0.4, 0.5) is 5.69 Å². The van der Waals surface area contributed by atoms with Gasteiger partial charge in [-0.15, -0.1) is 0 Å². The lowest BCUT2D eigenvalue weighted by atomic mass is 10.0. The zero-order valence-corrected chi connectivity index (χ0v) is 11.6. The molecule has 0 aliphatic heterocycles. The molecule has 0 unspecified atom stereocenters. The van der Waals surface area contributed by atoms with Crippen molar-refractivity contribution in [3.8, 4) is 11.5 Å². The Kier molecular flexibility index (Phi) is 3.84. The summed E-state index contributed by atoms with van der Waals surface area (Å²) < 4.78 is 5.14. The number of nitrogen functional groups attached to an aromatic ring is 1. The first-order valence-electron chi connectivity index (χ1n) is 6.19. The molecule has 0 heterocycles. The highest BCUT2D eigenvalue weighted by Gasteiger charge is 2.17. The second-order valence-corrected chi connectivity index (χ2v) is 4.46. The predicted octanol–water partition coefficient (Wildman–Crippen LogP) is 2.57. The van der Waals surface area contributed by atoms with E-state index < -0.39 is 5.91 Å². The van der Waals surface area contributed by atoms with Gasteiger partial charge in [0.05, 0.1) is 18.4 Å². The Bertz CT molecular complexity index is 751. The number of fused-ring (bicyclic) bond motifs is 1. The molecule has 108 valence electrons. The van der Waals surface area contributed by atoms with Crippen LogP contribution >= 0.6 is 0 Å². The lowest BCUT2D eigenvalue weighted by molar-refractivity contribution is 0.0965. The first-order chi connectivity index (χ1) is 9.97. The van der Waals surface area contributed by atoms with Gasteiger partial charge in [-0.2, -0.15) is 0 Å². The number of anilines is 1. The molecule has 5 nitrogen and oxygen atoms in total. The third-order valence-corrected chi connectivity index (χ3v) is 3.12. The number of phenolic OH excluding ortho intramolecular Hbond substituents is 1. The van der Waals surface area contributed by atoms with Crippen LogP contribution in [0.3, 0.4) is 0 Å². The summed E-state index contributed by atoms with van der Waals surface area (Å²) in [6.07, 6.45) is 1.41. The molecule has 2 aromatic rings. The number of phenols is 1. The molecular weight excluding hydrogens is 268 g/mol. The van der Waals surface area contributed by atoms with Crippen LogP contribution in [-0.2, 0) is 0 Å². The third-order valence-electron chi connectivity index (χ3n) is 3.12. The number of methoxy groups -OCH3 is 1. The number of hydrogen-bond acceptors (Lipinski definition) is 4. The van der Waals surface area contributed by atoms with Gasteiger partial charge in [-0.1, -0.05) is 13.2 Å². The number of benzene rings is 2. The van der Waals surface area contributed by atoms with Gasteiger partial charge in [-0.05, 0) is 35.7 Å². The number of rotatable bonds is 4. The molecular formula is C16H16N2O3. The van der Waals surface area contributed by atoms with Gasteiger partial charge in [0.1, 0.15) is 5.75 Å². The Labute approximate surface area is 122 Å². The van der Waals surface area contributed by atoms with Crippen molar-refractivity contribution in [2.24, 2.45) is 0 Å². The molecule has 1 amide bonds. The molecule has 2 aromatic carbocycles. The fourth-order valence-corrected chi connectivity index (χ4v) is 1.97. The van der Waals surface area contributed by atoms with Crippen molar-refractivity contribution in [1.82, 2.24) is 5.32 Å². The van der Waals surface area contributed by atoms with Crippen molar-refractivity contribution in [2.75, 3.05) is 12.8 Å². The lowest BCUT2D eigenvalue weighted by Crippen LogP contribution is -2.21. The second kappa shape index (κ2) is 5.58. The van der Waals surface area contributed by atoms with E-state index in [1.807, 2.05) is 0 Å². The van der Waals surface area contributed by atoms with Crippen LogP contribution in [0.25, 0.3) is 10.8 Å². The fourth-order valence-electron chi connectivity index (χ4n) is 1.97. The van der Waals surface area contributed by atoms with Gasteiger partial charge < -0.3 is 20.9 Å². The van der Waals surface area contributed by atoms with Gasteiger partial charge in [0.25, 0.3) is 5.91 Å². The van der Waals surface area contributed by atoms with E-state index in [1.54, 1.807) is 31.4 Å². The summed E-state index contributed by atoms with van der Waals surface area (Å²) in [6.45, 7) is 7.10. The highest BCUT2D eigenvalue weighted by molar-refractivity contribution is 6.07. The zero-order valence-electron chi connectivity index (χ0n) is 11.6. The minimum atomic E-state index is -0.506. The number of aromatic hydroxyl groups is 1. The van der Waals surface area contributed by atoms with Crippen molar-refractivity contribution >= 4 is 22.4 Å². The minimum Gasteiger partial charge on any atom is -0.505 e. The average Bonchev–Trinajstić information content (AvgIpc) is 2.49. The topological polar surface area (TPSA) is 84.6 Å². The van der Waals surface area contributed by atoms with E-state index in [9.17, 15) is 9.90 Å². The maximum absolute atomic E-state index is 12.1. The van der Waals surface area contributed by atoms with Gasteiger partial charge in [-0.25, -0.2) is 0 Å². The Morgan fingerprint density at radius 1 is 1.43 bits per heavy atom. The molecule has 21 heavy (non-hydrogen) atoms. The number of allylic oxidation sites excluding steroid dienone is 1. The van der Waals surface area contributed by atoms with Crippen LogP contribution in [0.2, 0.25) is 0 Å². The molecule has 0 atom stereocenters. The molecule has 0 aliphatic rings. The quantitative estimate of drug-likeness (QED) is 0.457. The predicted molar refractivity (Wildman–Crippen MR) is 83.4 cm³/mol. The van der Waals surface area contributed by atoms with Gasteiger partial charge in [0.2, 0.25) is 0 Å². The van der Waals surface area contributed by atoms with E-state index in [1.165, 1.54) is 6.08 Å². The fraction of sp³-hybridized carbons (Fsp3) is 0.0625. The van der Waals surface area contributed by atoms with E-state index >= 15 is 0 Å². The first kappa shape index (κ1) is 14.5. The number of carbonyl (C=O) groups excluding carboxylic acids is 1. The maximum atomic E-state index is 12.1. The Morgan fingerprint density at radius 2 is 2.14 bits per heavy atom. The van der Waals surface area contributed by atoms with Crippen LogP contribution in [0, 0.1) is 0 Å². The normalized spacial score (nSPS) is 10.1. The monoisotopic (exact) mass is 284 g/mol. The largest absolute Gasteiger partial charge is 0.505 e. The molecule has 0 saturated carbocycles. The molecule has 0 saturated heterocycles. The number of nitrogens with two attached hydrogens (primary N) is 1. The molecule has 2 rings (SSSR count). The van der Waals surface area contributed by atoms with Crippen molar-refractivity contribution in [1.29, 1.82) is 0 Å². The SMILES string of the molecule is C=CC(=C)NC(=O)c1cc2cc(OC)ccc2c(N)c1O. The standard InChI is InChI=1S/C16H16N2O3/c1-4-9(2)18-16(20)13-8-10-7-11(21-3)5-6-12(10)14(17)15(13)19/h4-8,19H,1-2,17H2,3H3,(H,18,20). The molecule has 0 fully saturated rings. The lowest BCUT2D eigenvalue weighted by Gasteiger charge is -2.12. The summed E-state index contributed by atoms with van der Waals surface area (Å²) in [5, 5.41) is 14.0. The Balaban J connectivity index is 2.58. The summed E-state index contributed by atoms with van der Waals surface area (Å²) in [5.74, 6) is -0.134. The van der Waals surface area contributed by atoms with Crippen molar-refractivity contribution < 1.29 is 14.6 Å². The number of hydrogen-bond donors (Lipinski definition) is 3. The highest BCUT2D eigenvalue weighted by Crippen LogP contribution is 2.35. The molecule has 5 heteroatoms. The molecule has 0 aliphatic carbocycles. The average molecular weight is 284 g/mol. The van der Waals surface area contributed by atoms with Gasteiger partial charge in [0, 0.05) is 11.1 Å². The third kappa shape index (κ3) is 2.67. The molecule has 0 bridgehead atoms. The van der Waals surface area contributed by atoms with Crippen LogP contribution in [0.15, 0.2) is 49.2 Å². The Hall–Kier alpha value is -2.95. The van der Waals surface area contributed by atoms with Crippen LogP contribution in [-0.4, -0.2) is 18.1 Å². The van der Waals surface area contributed by atoms with E-state index in [0.29, 0.717) is 22.2 Å². The minimum absolute atomic E-state index is 0.0660. The molecule has 0 aromatic heterocycles. The smallest absolute Gasteiger partial charge is 0.259 e. The number of carbonyl (C=O) groups is 1. The van der Waals surface area contributed by atoms with Crippen molar-refractivity contribution in [3.05, 3.63) is 54.8 Å². The second-order valence-electron chi connectivity index (χ2n) is 4.46. The summed E-state index contributed by atoms with van der Waals surface area (Å²) in [7, 11) is 1.55. The van der Waals surface area contributed by atoms with Crippen molar-refractivity contribution in [2.45, 2.75) is 0 Å². The first-order valence-corrected chi connectivity index (χ1v) is 6.19.